The first-order valence-electron chi connectivity index (χ1n) is 5.39. The van der Waals surface area contributed by atoms with Gasteiger partial charge in [0, 0.05) is 6.07 Å². The number of benzene rings is 1. The molecule has 8 heteroatoms. The minimum atomic E-state index is -1.54. The average Bonchev–Trinajstić information content (AvgIpc) is 2.37. The number of nitrogens with zero attached hydrogens (tertiary/aromatic N) is 1. The molecule has 0 aromatic heterocycles. The number of hydrogen-bond acceptors (Lipinski definition) is 6. The molecule has 1 rings (SSSR count). The Bertz CT molecular complexity index is 608. The first-order chi connectivity index (χ1) is 9.23. The summed E-state index contributed by atoms with van der Waals surface area (Å²) in [5.41, 5.74) is 2.39. The molecule has 0 fully saturated rings. The second-order valence-electron chi connectivity index (χ2n) is 3.99. The van der Waals surface area contributed by atoms with E-state index in [9.17, 15) is 19.7 Å². The molecule has 0 bridgehead atoms. The molecule has 0 aliphatic rings. The van der Waals surface area contributed by atoms with Gasteiger partial charge in [0.1, 0.15) is 11.3 Å². The molecule has 106 valence electrons. The summed E-state index contributed by atoms with van der Waals surface area (Å²) in [6.45, 7) is 6.43. The van der Waals surface area contributed by atoms with E-state index in [2.05, 4.69) is 16.9 Å². The third-order valence-electron chi connectivity index (χ3n) is 2.57. The Morgan fingerprint density at radius 2 is 1.90 bits per heavy atom. The van der Waals surface area contributed by atoms with Gasteiger partial charge >= 0.3 is 11.9 Å². The fourth-order valence-corrected chi connectivity index (χ4v) is 1.28. The predicted molar refractivity (Wildman–Crippen MR) is 69.1 cm³/mol. The maximum absolute atomic E-state index is 11.3. The van der Waals surface area contributed by atoms with E-state index in [0.29, 0.717) is 5.56 Å². The summed E-state index contributed by atoms with van der Waals surface area (Å²) >= 11 is 0. The quantitative estimate of drug-likeness (QED) is 0.277. The largest absolute Gasteiger partial charge is 0.477 e. The van der Waals surface area contributed by atoms with Gasteiger partial charge < -0.3 is 9.94 Å². The number of hydrogen-bond donors (Lipinski definition) is 2. The van der Waals surface area contributed by atoms with Crippen LogP contribution >= 0.6 is 0 Å². The van der Waals surface area contributed by atoms with Crippen LogP contribution < -0.4 is 5.48 Å². The number of nitro benzene ring substituents is 1. The van der Waals surface area contributed by atoms with Crippen molar-refractivity contribution in [1.82, 2.24) is 0 Å². The van der Waals surface area contributed by atoms with Crippen molar-refractivity contribution in [1.29, 1.82) is 0 Å². The van der Waals surface area contributed by atoms with Crippen LogP contribution in [0, 0.1) is 24.0 Å². The number of carboxylic acids is 1. The van der Waals surface area contributed by atoms with Crippen LogP contribution in [0.1, 0.15) is 11.1 Å². The first kappa shape index (κ1) is 15.2. The maximum atomic E-state index is 11.3. The van der Waals surface area contributed by atoms with E-state index in [1.807, 2.05) is 0 Å². The van der Waals surface area contributed by atoms with Crippen LogP contribution in [0.4, 0.5) is 11.4 Å². The summed E-state index contributed by atoms with van der Waals surface area (Å²) in [6.07, 6.45) is 0. The number of carbonyl (C=O) groups excluding carboxylic acids is 1. The molecule has 0 amide bonds. The molecule has 2 N–H and O–H groups in total. The van der Waals surface area contributed by atoms with E-state index < -0.39 is 22.4 Å². The van der Waals surface area contributed by atoms with Crippen molar-refractivity contribution >= 4 is 23.3 Å². The van der Waals surface area contributed by atoms with Gasteiger partial charge in [-0.05, 0) is 31.0 Å². The smallest absolute Gasteiger partial charge is 0.369 e. The van der Waals surface area contributed by atoms with E-state index in [1.54, 1.807) is 13.8 Å². The van der Waals surface area contributed by atoms with E-state index >= 15 is 0 Å². The topological polar surface area (TPSA) is 119 Å². The summed E-state index contributed by atoms with van der Waals surface area (Å²) in [5.74, 6) is -2.77. The number of nitrogens with one attached hydrogen (secondary N) is 1. The Labute approximate surface area is 113 Å². The van der Waals surface area contributed by atoms with Crippen LogP contribution in [-0.2, 0) is 14.4 Å². The minimum absolute atomic E-state index is 0.0513. The molecule has 20 heavy (non-hydrogen) atoms. The molecular formula is C12H12N2O6. The number of anilines is 1. The standard InChI is InChI=1S/C12H12N2O6/c1-6-4-9(10(14(18)19)5-7(6)2)13-20-12(17)8(3)11(15)16/h4-5,13H,3H2,1-2H3,(H,15,16). The average molecular weight is 280 g/mol. The van der Waals surface area contributed by atoms with Gasteiger partial charge in [-0.2, -0.15) is 0 Å². The number of aliphatic carboxylic acids is 1. The Morgan fingerprint density at radius 3 is 2.40 bits per heavy atom. The fraction of sp³-hybridized carbons (Fsp3) is 0.167. The van der Waals surface area contributed by atoms with Crippen molar-refractivity contribution in [3.8, 4) is 0 Å². The maximum Gasteiger partial charge on any atom is 0.369 e. The lowest BCUT2D eigenvalue weighted by molar-refractivity contribution is -0.384. The fourth-order valence-electron chi connectivity index (χ4n) is 1.28. The Hall–Kier alpha value is -2.90. The minimum Gasteiger partial charge on any atom is -0.477 e. The normalized spacial score (nSPS) is 9.70. The van der Waals surface area contributed by atoms with E-state index in [4.69, 9.17) is 5.11 Å². The second-order valence-corrected chi connectivity index (χ2v) is 3.99. The first-order valence-corrected chi connectivity index (χ1v) is 5.39. The number of carboxylic acid groups (broad SMARTS) is 1. The summed E-state index contributed by atoms with van der Waals surface area (Å²) in [5, 5.41) is 19.4. The molecule has 0 atom stereocenters. The number of carbonyl (C=O) groups is 2. The van der Waals surface area contributed by atoms with Gasteiger partial charge in [0.15, 0.2) is 0 Å². The number of rotatable bonds is 5. The number of aryl methyl sites for hydroxylation is 2. The lowest BCUT2D eigenvalue weighted by atomic mass is 10.1. The van der Waals surface area contributed by atoms with E-state index in [-0.39, 0.29) is 11.4 Å². The van der Waals surface area contributed by atoms with Gasteiger partial charge in [-0.1, -0.05) is 6.58 Å². The van der Waals surface area contributed by atoms with Gasteiger partial charge in [-0.3, -0.25) is 10.1 Å². The highest BCUT2D eigenvalue weighted by Gasteiger charge is 2.20. The third-order valence-corrected chi connectivity index (χ3v) is 2.57. The molecule has 0 saturated carbocycles. The van der Waals surface area contributed by atoms with Crippen LogP contribution in [0.5, 0.6) is 0 Å². The van der Waals surface area contributed by atoms with Crippen molar-refractivity contribution < 1.29 is 24.5 Å². The lowest BCUT2D eigenvalue weighted by Crippen LogP contribution is -2.18. The van der Waals surface area contributed by atoms with Crippen molar-refractivity contribution in [2.45, 2.75) is 13.8 Å². The van der Waals surface area contributed by atoms with Crippen molar-refractivity contribution in [3.05, 3.63) is 45.5 Å². The Kier molecular flexibility index (Phi) is 4.42. The van der Waals surface area contributed by atoms with Gasteiger partial charge in [-0.25, -0.2) is 15.1 Å². The van der Waals surface area contributed by atoms with Crippen LogP contribution in [-0.4, -0.2) is 22.0 Å². The second kappa shape index (κ2) is 5.83. The molecule has 0 aliphatic heterocycles. The summed E-state index contributed by atoms with van der Waals surface area (Å²) in [7, 11) is 0. The van der Waals surface area contributed by atoms with Crippen molar-refractivity contribution in [2.24, 2.45) is 0 Å². The highest BCUT2D eigenvalue weighted by Crippen LogP contribution is 2.27. The lowest BCUT2D eigenvalue weighted by Gasteiger charge is -2.09. The molecule has 8 nitrogen and oxygen atoms in total. The Balaban J connectivity index is 2.95. The highest BCUT2D eigenvalue weighted by atomic mass is 16.7. The number of nitro groups is 1. The molecular weight excluding hydrogens is 268 g/mol. The molecule has 0 radical (unpaired) electrons. The Morgan fingerprint density at radius 1 is 1.35 bits per heavy atom. The SMILES string of the molecule is C=C(C(=O)O)C(=O)ONc1cc(C)c(C)cc1[N+](=O)[O-]. The van der Waals surface area contributed by atoms with E-state index in [1.165, 1.54) is 12.1 Å². The third kappa shape index (κ3) is 3.31. The molecule has 0 saturated heterocycles. The van der Waals surface area contributed by atoms with Crippen LogP contribution in [0.3, 0.4) is 0 Å². The van der Waals surface area contributed by atoms with Crippen LogP contribution in [0.25, 0.3) is 0 Å². The van der Waals surface area contributed by atoms with Gasteiger partial charge in [0.2, 0.25) is 0 Å². The zero-order valence-corrected chi connectivity index (χ0v) is 10.8. The van der Waals surface area contributed by atoms with Crippen molar-refractivity contribution in [2.75, 3.05) is 5.48 Å². The molecule has 1 aromatic rings. The highest BCUT2D eigenvalue weighted by molar-refractivity contribution is 6.12. The molecule has 0 aliphatic carbocycles. The van der Waals surface area contributed by atoms with Gasteiger partial charge in [0.25, 0.3) is 5.69 Å². The van der Waals surface area contributed by atoms with Gasteiger partial charge in [0.05, 0.1) is 4.92 Å². The molecule has 0 heterocycles. The summed E-state index contributed by atoms with van der Waals surface area (Å²) < 4.78 is 0. The van der Waals surface area contributed by atoms with Crippen LogP contribution in [0.15, 0.2) is 24.3 Å². The van der Waals surface area contributed by atoms with E-state index in [0.717, 1.165) is 5.56 Å². The zero-order valence-electron chi connectivity index (χ0n) is 10.8. The zero-order chi connectivity index (χ0) is 15.4. The summed E-state index contributed by atoms with van der Waals surface area (Å²) in [4.78, 5) is 36.4. The van der Waals surface area contributed by atoms with Crippen LogP contribution in [0.2, 0.25) is 0 Å². The summed E-state index contributed by atoms with van der Waals surface area (Å²) in [6, 6.07) is 2.74. The van der Waals surface area contributed by atoms with Crippen molar-refractivity contribution in [3.63, 3.8) is 0 Å². The molecule has 1 aromatic carbocycles. The molecule has 0 spiro atoms. The monoisotopic (exact) mass is 280 g/mol. The van der Waals surface area contributed by atoms with Gasteiger partial charge in [-0.15, -0.1) is 0 Å². The predicted octanol–water partition coefficient (Wildman–Crippen LogP) is 1.72. The molecule has 0 unspecified atom stereocenters.